The maximum Gasteiger partial charge on any atom is 0.257 e. The monoisotopic (exact) mass is 330 g/mol. The molecule has 2 rings (SSSR count). The number of hydrogen-bond donors (Lipinski definition) is 1. The van der Waals surface area contributed by atoms with Gasteiger partial charge in [0, 0.05) is 12.6 Å². The van der Waals surface area contributed by atoms with Gasteiger partial charge in [-0.15, -0.1) is 0 Å². The van der Waals surface area contributed by atoms with E-state index in [4.69, 9.17) is 4.74 Å². The number of amides is 1. The number of halogens is 1. The Morgan fingerprint density at radius 3 is 2.42 bits per heavy atom. The van der Waals surface area contributed by atoms with Crippen LogP contribution in [0.3, 0.4) is 0 Å². The minimum absolute atomic E-state index is 0.0862. The summed E-state index contributed by atoms with van der Waals surface area (Å²) < 4.78 is 18.2. The van der Waals surface area contributed by atoms with Crippen molar-refractivity contribution in [1.82, 2.24) is 10.2 Å². The van der Waals surface area contributed by atoms with Crippen LogP contribution >= 0.6 is 0 Å². The van der Waals surface area contributed by atoms with Crippen LogP contribution < -0.4 is 10.1 Å². The highest BCUT2D eigenvalue weighted by molar-refractivity contribution is 5.77. The molecular formula is C19H23FN2O2. The number of nitrogens with zero attached hydrogens (tertiary/aromatic N) is 1. The fraction of sp³-hybridized carbons (Fsp3) is 0.316. The first-order chi connectivity index (χ1) is 11.5. The van der Waals surface area contributed by atoms with Gasteiger partial charge in [-0.05, 0) is 50.3 Å². The van der Waals surface area contributed by atoms with E-state index in [2.05, 4.69) is 22.3 Å². The van der Waals surface area contributed by atoms with Crippen molar-refractivity contribution >= 4 is 5.91 Å². The second-order valence-electron chi connectivity index (χ2n) is 5.85. The van der Waals surface area contributed by atoms with Gasteiger partial charge in [0.25, 0.3) is 5.91 Å². The van der Waals surface area contributed by atoms with Gasteiger partial charge in [-0.3, -0.25) is 4.79 Å². The Bertz CT molecular complexity index is 630. The quantitative estimate of drug-likeness (QED) is 0.808. The largest absolute Gasteiger partial charge is 0.484 e. The second kappa shape index (κ2) is 9.03. The predicted molar refractivity (Wildman–Crippen MR) is 92.5 cm³/mol. The summed E-state index contributed by atoms with van der Waals surface area (Å²) in [5.74, 6) is -0.0548. The molecule has 1 unspecified atom stereocenters. The first kappa shape index (κ1) is 17.9. The maximum atomic E-state index is 12.8. The van der Waals surface area contributed by atoms with Crippen molar-refractivity contribution in [3.8, 4) is 5.75 Å². The second-order valence-corrected chi connectivity index (χ2v) is 5.85. The molecule has 4 nitrogen and oxygen atoms in total. The average molecular weight is 330 g/mol. The molecule has 2 aromatic carbocycles. The van der Waals surface area contributed by atoms with Crippen molar-refractivity contribution in [1.29, 1.82) is 0 Å². The molecule has 0 aliphatic carbocycles. The van der Waals surface area contributed by atoms with Crippen LogP contribution in [-0.2, 0) is 11.2 Å². The molecule has 5 heteroatoms. The van der Waals surface area contributed by atoms with Crippen LogP contribution in [0.1, 0.15) is 5.56 Å². The van der Waals surface area contributed by atoms with E-state index in [0.717, 1.165) is 6.42 Å². The zero-order valence-corrected chi connectivity index (χ0v) is 14.0. The van der Waals surface area contributed by atoms with E-state index >= 15 is 0 Å². The molecule has 1 amide bonds. The number of hydrogen-bond acceptors (Lipinski definition) is 3. The van der Waals surface area contributed by atoms with E-state index in [1.165, 1.54) is 29.8 Å². The summed E-state index contributed by atoms with van der Waals surface area (Å²) >= 11 is 0. The molecular weight excluding hydrogens is 307 g/mol. The summed E-state index contributed by atoms with van der Waals surface area (Å²) in [7, 11) is 3.99. The number of carbonyl (C=O) groups excluding carboxylic acids is 1. The van der Waals surface area contributed by atoms with Crippen molar-refractivity contribution in [2.24, 2.45) is 0 Å². The summed E-state index contributed by atoms with van der Waals surface area (Å²) in [5, 5.41) is 2.89. The highest BCUT2D eigenvalue weighted by Gasteiger charge is 2.14. The standard InChI is InChI=1S/C19H23FN2O2/c1-22(2)17(12-15-6-4-3-5-7-15)13-21-19(23)14-24-18-10-8-16(20)9-11-18/h3-11,17H,12-14H2,1-2H3,(H,21,23). The Labute approximate surface area is 142 Å². The summed E-state index contributed by atoms with van der Waals surface area (Å²) in [6, 6.07) is 16.0. The Morgan fingerprint density at radius 1 is 1.12 bits per heavy atom. The Kier molecular flexibility index (Phi) is 6.75. The number of ether oxygens (including phenoxy) is 1. The maximum absolute atomic E-state index is 12.8. The van der Waals surface area contributed by atoms with Crippen LogP contribution in [-0.4, -0.2) is 44.1 Å². The molecule has 0 heterocycles. The molecule has 0 aliphatic heterocycles. The summed E-state index contributed by atoms with van der Waals surface area (Å²) in [4.78, 5) is 14.0. The molecule has 0 aromatic heterocycles. The Morgan fingerprint density at radius 2 is 1.79 bits per heavy atom. The molecule has 24 heavy (non-hydrogen) atoms. The van der Waals surface area contributed by atoms with Gasteiger partial charge in [0.15, 0.2) is 6.61 Å². The van der Waals surface area contributed by atoms with Crippen LogP contribution in [0.25, 0.3) is 0 Å². The van der Waals surface area contributed by atoms with Gasteiger partial charge in [0.05, 0.1) is 0 Å². The first-order valence-electron chi connectivity index (χ1n) is 7.90. The number of likely N-dealkylation sites (N-methyl/N-ethyl adjacent to an activating group) is 1. The van der Waals surface area contributed by atoms with Crippen LogP contribution in [0.4, 0.5) is 4.39 Å². The third kappa shape index (κ3) is 6.01. The zero-order valence-electron chi connectivity index (χ0n) is 14.0. The minimum atomic E-state index is -0.332. The summed E-state index contributed by atoms with van der Waals surface area (Å²) in [5.41, 5.74) is 1.23. The van der Waals surface area contributed by atoms with Crippen molar-refractivity contribution in [2.75, 3.05) is 27.2 Å². The number of nitrogens with one attached hydrogen (secondary N) is 1. The SMILES string of the molecule is CN(C)C(CNC(=O)COc1ccc(F)cc1)Cc1ccccc1. The molecule has 1 N–H and O–H groups in total. The molecule has 2 aromatic rings. The van der Waals surface area contributed by atoms with E-state index in [1.54, 1.807) is 0 Å². The normalized spacial score (nSPS) is 12.0. The van der Waals surface area contributed by atoms with E-state index in [-0.39, 0.29) is 24.4 Å². The summed E-state index contributed by atoms with van der Waals surface area (Å²) in [6.07, 6.45) is 0.854. The molecule has 1 atom stereocenters. The van der Waals surface area contributed by atoms with Gasteiger partial charge >= 0.3 is 0 Å². The lowest BCUT2D eigenvalue weighted by Crippen LogP contribution is -2.42. The van der Waals surface area contributed by atoms with Crippen molar-refractivity contribution in [2.45, 2.75) is 12.5 Å². The first-order valence-corrected chi connectivity index (χ1v) is 7.90. The molecule has 0 radical (unpaired) electrons. The lowest BCUT2D eigenvalue weighted by Gasteiger charge is -2.24. The third-order valence-electron chi connectivity index (χ3n) is 3.76. The zero-order chi connectivity index (χ0) is 17.4. The number of carbonyl (C=O) groups is 1. The van der Waals surface area contributed by atoms with Crippen LogP contribution in [0, 0.1) is 5.82 Å². The van der Waals surface area contributed by atoms with Gasteiger partial charge in [0.1, 0.15) is 11.6 Å². The van der Waals surface area contributed by atoms with Crippen LogP contribution in [0.15, 0.2) is 54.6 Å². The van der Waals surface area contributed by atoms with Gasteiger partial charge in [-0.25, -0.2) is 4.39 Å². The Balaban J connectivity index is 1.78. The fourth-order valence-electron chi connectivity index (χ4n) is 2.29. The van der Waals surface area contributed by atoms with Gasteiger partial charge in [-0.1, -0.05) is 30.3 Å². The highest BCUT2D eigenvalue weighted by Crippen LogP contribution is 2.10. The van der Waals surface area contributed by atoms with Crippen molar-refractivity contribution < 1.29 is 13.9 Å². The van der Waals surface area contributed by atoms with Crippen molar-refractivity contribution in [3.05, 3.63) is 66.0 Å². The molecule has 128 valence electrons. The van der Waals surface area contributed by atoms with Crippen LogP contribution in [0.5, 0.6) is 5.75 Å². The van der Waals surface area contributed by atoms with E-state index in [0.29, 0.717) is 12.3 Å². The number of rotatable bonds is 8. The highest BCUT2D eigenvalue weighted by atomic mass is 19.1. The average Bonchev–Trinajstić information content (AvgIpc) is 2.58. The molecule has 0 saturated carbocycles. The van der Waals surface area contributed by atoms with Gasteiger partial charge in [-0.2, -0.15) is 0 Å². The predicted octanol–water partition coefficient (Wildman–Crippen LogP) is 2.49. The number of benzene rings is 2. The van der Waals surface area contributed by atoms with E-state index in [9.17, 15) is 9.18 Å². The third-order valence-corrected chi connectivity index (χ3v) is 3.76. The minimum Gasteiger partial charge on any atom is -0.484 e. The van der Waals surface area contributed by atoms with E-state index < -0.39 is 0 Å². The van der Waals surface area contributed by atoms with Gasteiger partial charge < -0.3 is 15.0 Å². The Hall–Kier alpha value is -2.40. The molecule has 0 spiro atoms. The van der Waals surface area contributed by atoms with Crippen LogP contribution in [0.2, 0.25) is 0 Å². The fourth-order valence-corrected chi connectivity index (χ4v) is 2.29. The molecule has 0 bridgehead atoms. The van der Waals surface area contributed by atoms with Gasteiger partial charge in [0.2, 0.25) is 0 Å². The smallest absolute Gasteiger partial charge is 0.257 e. The lowest BCUT2D eigenvalue weighted by molar-refractivity contribution is -0.123. The van der Waals surface area contributed by atoms with Crippen molar-refractivity contribution in [3.63, 3.8) is 0 Å². The summed E-state index contributed by atoms with van der Waals surface area (Å²) in [6.45, 7) is 0.449. The molecule has 0 fully saturated rings. The lowest BCUT2D eigenvalue weighted by atomic mass is 10.1. The van der Waals surface area contributed by atoms with E-state index in [1.807, 2.05) is 32.3 Å². The molecule has 0 saturated heterocycles. The molecule has 0 aliphatic rings. The topological polar surface area (TPSA) is 41.6 Å².